The second-order valence-corrected chi connectivity index (χ2v) is 5.93. The summed E-state index contributed by atoms with van der Waals surface area (Å²) >= 11 is 12.0. The molecule has 0 spiro atoms. The number of oxazole rings is 1. The van der Waals surface area contributed by atoms with E-state index in [1.165, 1.54) is 0 Å². The van der Waals surface area contributed by atoms with Crippen LogP contribution in [0.15, 0.2) is 28.8 Å². The SMILES string of the molecule is O=C(CCc1ncc(-c2ccc(Cl)cc2Cl)o1)NC1CC1. The number of rotatable bonds is 5. The lowest BCUT2D eigenvalue weighted by Crippen LogP contribution is -2.25. The fraction of sp³-hybridized carbons (Fsp3) is 0.333. The minimum Gasteiger partial charge on any atom is -0.441 e. The number of amides is 1. The van der Waals surface area contributed by atoms with Crippen molar-refractivity contribution in [3.63, 3.8) is 0 Å². The van der Waals surface area contributed by atoms with E-state index in [4.69, 9.17) is 27.6 Å². The van der Waals surface area contributed by atoms with Crippen molar-refractivity contribution in [3.8, 4) is 11.3 Å². The van der Waals surface area contributed by atoms with Crippen LogP contribution in [0.25, 0.3) is 11.3 Å². The summed E-state index contributed by atoms with van der Waals surface area (Å²) in [6.07, 6.45) is 4.64. The van der Waals surface area contributed by atoms with Crippen molar-refractivity contribution in [2.45, 2.75) is 31.7 Å². The average molecular weight is 325 g/mol. The summed E-state index contributed by atoms with van der Waals surface area (Å²) < 4.78 is 5.64. The number of carbonyl (C=O) groups is 1. The minimum absolute atomic E-state index is 0.0433. The summed E-state index contributed by atoms with van der Waals surface area (Å²) in [5, 5.41) is 4.01. The zero-order chi connectivity index (χ0) is 14.8. The summed E-state index contributed by atoms with van der Waals surface area (Å²) in [6.45, 7) is 0. The standard InChI is InChI=1S/C15H14Cl2N2O2/c16-9-1-4-11(12(17)7-9)13-8-18-15(21-13)6-5-14(20)19-10-2-3-10/h1,4,7-8,10H,2-3,5-6H2,(H,19,20). The third-order valence-corrected chi connectivity index (χ3v) is 3.81. The zero-order valence-electron chi connectivity index (χ0n) is 11.2. The molecule has 4 nitrogen and oxygen atoms in total. The molecular weight excluding hydrogens is 311 g/mol. The number of aryl methyl sites for hydroxylation is 1. The molecule has 2 aromatic rings. The summed E-state index contributed by atoms with van der Waals surface area (Å²) in [5.41, 5.74) is 0.738. The maximum absolute atomic E-state index is 11.6. The van der Waals surface area contributed by atoms with Crippen LogP contribution >= 0.6 is 23.2 Å². The van der Waals surface area contributed by atoms with E-state index >= 15 is 0 Å². The van der Waals surface area contributed by atoms with Gasteiger partial charge in [0.25, 0.3) is 0 Å². The highest BCUT2D eigenvalue weighted by atomic mass is 35.5. The summed E-state index contributed by atoms with van der Waals surface area (Å²) in [7, 11) is 0. The number of nitrogens with zero attached hydrogens (tertiary/aromatic N) is 1. The van der Waals surface area contributed by atoms with Crippen LogP contribution in [0.1, 0.15) is 25.2 Å². The van der Waals surface area contributed by atoms with Gasteiger partial charge in [0.05, 0.1) is 11.2 Å². The second kappa shape index (κ2) is 6.08. The molecule has 1 heterocycles. The first-order chi connectivity index (χ1) is 10.1. The van der Waals surface area contributed by atoms with Crippen LogP contribution in [0.4, 0.5) is 0 Å². The molecule has 0 radical (unpaired) electrons. The number of carbonyl (C=O) groups excluding carboxylic acids is 1. The minimum atomic E-state index is 0.0433. The Hall–Kier alpha value is -1.52. The molecule has 1 aromatic carbocycles. The van der Waals surface area contributed by atoms with Crippen LogP contribution in [0.2, 0.25) is 10.0 Å². The second-order valence-electron chi connectivity index (χ2n) is 5.08. The van der Waals surface area contributed by atoms with Gasteiger partial charge in [-0.05, 0) is 31.0 Å². The molecule has 1 aliphatic carbocycles. The molecule has 1 aromatic heterocycles. The first-order valence-corrected chi connectivity index (χ1v) is 7.57. The van der Waals surface area contributed by atoms with Gasteiger partial charge in [0.15, 0.2) is 11.7 Å². The largest absolute Gasteiger partial charge is 0.441 e. The molecule has 1 N–H and O–H groups in total. The van der Waals surface area contributed by atoms with Crippen LogP contribution in [0.5, 0.6) is 0 Å². The molecule has 0 aliphatic heterocycles. The zero-order valence-corrected chi connectivity index (χ0v) is 12.7. The monoisotopic (exact) mass is 324 g/mol. The molecule has 3 rings (SSSR count). The quantitative estimate of drug-likeness (QED) is 0.908. The number of halogens is 2. The molecule has 1 saturated carbocycles. The van der Waals surface area contributed by atoms with Gasteiger partial charge in [-0.1, -0.05) is 23.2 Å². The lowest BCUT2D eigenvalue weighted by Gasteiger charge is -2.01. The van der Waals surface area contributed by atoms with Gasteiger partial charge < -0.3 is 9.73 Å². The van der Waals surface area contributed by atoms with Crippen molar-refractivity contribution in [2.24, 2.45) is 0 Å². The Balaban J connectivity index is 1.63. The predicted octanol–water partition coefficient (Wildman–Crippen LogP) is 3.86. The first kappa shape index (κ1) is 14.4. The number of benzene rings is 1. The fourth-order valence-corrected chi connectivity index (χ4v) is 2.49. The van der Waals surface area contributed by atoms with Crippen molar-refractivity contribution in [3.05, 3.63) is 40.3 Å². The van der Waals surface area contributed by atoms with Crippen LogP contribution in [0.3, 0.4) is 0 Å². The Morgan fingerprint density at radius 3 is 2.90 bits per heavy atom. The third kappa shape index (κ3) is 3.77. The molecular formula is C15H14Cl2N2O2. The summed E-state index contributed by atoms with van der Waals surface area (Å²) in [6, 6.07) is 5.57. The smallest absolute Gasteiger partial charge is 0.220 e. The highest BCUT2D eigenvalue weighted by Gasteiger charge is 2.23. The van der Waals surface area contributed by atoms with E-state index < -0.39 is 0 Å². The van der Waals surface area contributed by atoms with Crippen molar-refractivity contribution >= 4 is 29.1 Å². The molecule has 0 saturated heterocycles. The average Bonchev–Trinajstić information content (AvgIpc) is 3.12. The van der Waals surface area contributed by atoms with Crippen LogP contribution in [0, 0.1) is 0 Å². The van der Waals surface area contributed by atoms with Crippen molar-refractivity contribution < 1.29 is 9.21 Å². The van der Waals surface area contributed by atoms with Gasteiger partial charge in [-0.25, -0.2) is 4.98 Å². The maximum atomic E-state index is 11.6. The van der Waals surface area contributed by atoms with Gasteiger partial charge in [-0.3, -0.25) is 4.79 Å². The van der Waals surface area contributed by atoms with Crippen molar-refractivity contribution in [2.75, 3.05) is 0 Å². The van der Waals surface area contributed by atoms with E-state index in [0.717, 1.165) is 18.4 Å². The van der Waals surface area contributed by atoms with Gasteiger partial charge >= 0.3 is 0 Å². The molecule has 0 unspecified atom stereocenters. The third-order valence-electron chi connectivity index (χ3n) is 3.26. The lowest BCUT2D eigenvalue weighted by atomic mass is 10.2. The molecule has 21 heavy (non-hydrogen) atoms. The van der Waals surface area contributed by atoms with Gasteiger partial charge in [-0.15, -0.1) is 0 Å². The van der Waals surface area contributed by atoms with Gasteiger partial charge in [0, 0.05) is 29.5 Å². The van der Waals surface area contributed by atoms with Gasteiger partial charge in [-0.2, -0.15) is 0 Å². The highest BCUT2D eigenvalue weighted by molar-refractivity contribution is 6.36. The van der Waals surface area contributed by atoms with Crippen LogP contribution in [-0.2, 0) is 11.2 Å². The van der Waals surface area contributed by atoms with E-state index in [0.29, 0.717) is 40.6 Å². The Labute approximate surface area is 132 Å². The Morgan fingerprint density at radius 1 is 1.38 bits per heavy atom. The van der Waals surface area contributed by atoms with Crippen molar-refractivity contribution in [1.82, 2.24) is 10.3 Å². The number of aromatic nitrogens is 1. The summed E-state index contributed by atoms with van der Waals surface area (Å²) in [5.74, 6) is 1.15. The fourth-order valence-electron chi connectivity index (χ4n) is 1.99. The van der Waals surface area contributed by atoms with Gasteiger partial charge in [0.1, 0.15) is 0 Å². The maximum Gasteiger partial charge on any atom is 0.220 e. The van der Waals surface area contributed by atoms with E-state index in [1.54, 1.807) is 24.4 Å². The number of hydrogen-bond donors (Lipinski definition) is 1. The molecule has 110 valence electrons. The molecule has 0 bridgehead atoms. The summed E-state index contributed by atoms with van der Waals surface area (Å²) in [4.78, 5) is 15.8. The predicted molar refractivity (Wildman–Crippen MR) is 81.4 cm³/mol. The highest BCUT2D eigenvalue weighted by Crippen LogP contribution is 2.30. The van der Waals surface area contributed by atoms with E-state index in [2.05, 4.69) is 10.3 Å². The van der Waals surface area contributed by atoms with E-state index in [9.17, 15) is 4.79 Å². The normalized spacial score (nSPS) is 14.2. The topological polar surface area (TPSA) is 55.1 Å². The molecule has 6 heteroatoms. The number of hydrogen-bond acceptors (Lipinski definition) is 3. The van der Waals surface area contributed by atoms with Crippen LogP contribution < -0.4 is 5.32 Å². The van der Waals surface area contributed by atoms with E-state index in [-0.39, 0.29) is 5.91 Å². The molecule has 1 amide bonds. The van der Waals surface area contributed by atoms with Gasteiger partial charge in [0.2, 0.25) is 5.91 Å². The molecule has 0 atom stereocenters. The Bertz CT molecular complexity index is 665. The van der Waals surface area contributed by atoms with E-state index in [1.807, 2.05) is 0 Å². The first-order valence-electron chi connectivity index (χ1n) is 6.81. The number of nitrogens with one attached hydrogen (secondary N) is 1. The molecule has 1 fully saturated rings. The molecule has 1 aliphatic rings. The Kier molecular flexibility index (Phi) is 4.17. The lowest BCUT2D eigenvalue weighted by molar-refractivity contribution is -0.121. The van der Waals surface area contributed by atoms with Crippen LogP contribution in [-0.4, -0.2) is 16.9 Å². The Morgan fingerprint density at radius 2 is 2.19 bits per heavy atom. The van der Waals surface area contributed by atoms with Crippen molar-refractivity contribution in [1.29, 1.82) is 0 Å².